The van der Waals surface area contributed by atoms with Gasteiger partial charge in [0.15, 0.2) is 5.69 Å². The molecule has 0 spiro atoms. The van der Waals surface area contributed by atoms with Crippen LogP contribution in [0.3, 0.4) is 0 Å². The van der Waals surface area contributed by atoms with E-state index in [1.165, 1.54) is 32.1 Å². The first-order valence-corrected chi connectivity index (χ1v) is 15.0. The van der Waals surface area contributed by atoms with E-state index in [1.54, 1.807) is 16.8 Å². The van der Waals surface area contributed by atoms with Gasteiger partial charge in [0, 0.05) is 27.7 Å². The quantitative estimate of drug-likeness (QED) is 0.307. The van der Waals surface area contributed by atoms with Crippen molar-refractivity contribution in [2.45, 2.75) is 59.3 Å². The Labute approximate surface area is 241 Å². The van der Waals surface area contributed by atoms with Gasteiger partial charge in [-0.05, 0) is 98.9 Å². The van der Waals surface area contributed by atoms with Crippen LogP contribution in [0.15, 0.2) is 42.5 Å². The smallest absolute Gasteiger partial charge is 0.272 e. The SMILES string of the molecule is CCC1CC2CC(C)CC(C2)C1CCNC(=O)c1nn(-c2ccc(Cl)cc2Cl)c(-c2ccc(Cl)cc2)c1C. The third-order valence-electron chi connectivity index (χ3n) is 8.80. The number of aromatic nitrogens is 2. The Balaban J connectivity index is 1.39. The summed E-state index contributed by atoms with van der Waals surface area (Å²) in [4.78, 5) is 13.5. The maximum atomic E-state index is 13.5. The van der Waals surface area contributed by atoms with Crippen LogP contribution in [0.4, 0.5) is 0 Å². The van der Waals surface area contributed by atoms with Gasteiger partial charge in [0.2, 0.25) is 0 Å². The Hall–Kier alpha value is -2.01. The topological polar surface area (TPSA) is 46.9 Å². The highest BCUT2D eigenvalue weighted by atomic mass is 35.5. The molecule has 1 N–H and O–H groups in total. The van der Waals surface area contributed by atoms with E-state index in [9.17, 15) is 4.79 Å². The molecule has 4 nitrogen and oxygen atoms in total. The molecule has 0 saturated heterocycles. The molecule has 2 fully saturated rings. The van der Waals surface area contributed by atoms with Crippen LogP contribution in [0, 0.1) is 36.5 Å². The summed E-state index contributed by atoms with van der Waals surface area (Å²) >= 11 is 18.9. The Kier molecular flexibility index (Phi) is 8.42. The third-order valence-corrected chi connectivity index (χ3v) is 9.59. The van der Waals surface area contributed by atoms with E-state index in [4.69, 9.17) is 39.9 Å². The molecule has 1 amide bonds. The Morgan fingerprint density at radius 1 is 1.03 bits per heavy atom. The van der Waals surface area contributed by atoms with Crippen molar-refractivity contribution in [2.24, 2.45) is 29.6 Å². The van der Waals surface area contributed by atoms with E-state index in [1.807, 2.05) is 37.3 Å². The minimum absolute atomic E-state index is 0.153. The summed E-state index contributed by atoms with van der Waals surface area (Å²) in [6.45, 7) is 7.34. The summed E-state index contributed by atoms with van der Waals surface area (Å²) < 4.78 is 1.74. The number of amides is 1. The lowest BCUT2D eigenvalue weighted by Gasteiger charge is -2.47. The monoisotopic (exact) mass is 571 g/mol. The molecule has 2 saturated carbocycles. The van der Waals surface area contributed by atoms with Gasteiger partial charge in [0.05, 0.1) is 16.4 Å². The van der Waals surface area contributed by atoms with Crippen LogP contribution >= 0.6 is 34.8 Å². The van der Waals surface area contributed by atoms with Gasteiger partial charge in [-0.3, -0.25) is 4.79 Å². The number of carbonyl (C=O) groups is 1. The fourth-order valence-corrected chi connectivity index (χ4v) is 7.81. The largest absolute Gasteiger partial charge is 0.351 e. The molecule has 5 atom stereocenters. The van der Waals surface area contributed by atoms with Gasteiger partial charge in [0.1, 0.15) is 0 Å². The zero-order valence-corrected chi connectivity index (χ0v) is 24.6. The van der Waals surface area contributed by atoms with Gasteiger partial charge in [-0.1, -0.05) is 67.2 Å². The summed E-state index contributed by atoms with van der Waals surface area (Å²) in [6, 6.07) is 12.8. The molecular weight excluding hydrogens is 537 g/mol. The molecular formula is C31H36Cl3N3O. The highest BCUT2D eigenvalue weighted by Crippen LogP contribution is 2.50. The van der Waals surface area contributed by atoms with Gasteiger partial charge < -0.3 is 5.32 Å². The number of benzene rings is 2. The molecule has 2 aliphatic rings. The van der Waals surface area contributed by atoms with Crippen LogP contribution in [0.2, 0.25) is 15.1 Å². The van der Waals surface area contributed by atoms with Crippen LogP contribution in [-0.2, 0) is 0 Å². The second kappa shape index (κ2) is 11.6. The lowest BCUT2D eigenvalue weighted by molar-refractivity contribution is 0.0326. The number of nitrogens with zero attached hydrogens (tertiary/aromatic N) is 2. The molecule has 5 rings (SSSR count). The van der Waals surface area contributed by atoms with Crippen LogP contribution in [-0.4, -0.2) is 22.2 Å². The van der Waals surface area contributed by atoms with Crippen LogP contribution < -0.4 is 5.32 Å². The van der Waals surface area contributed by atoms with Gasteiger partial charge in [-0.15, -0.1) is 0 Å². The molecule has 5 unspecified atom stereocenters. The summed E-state index contributed by atoms with van der Waals surface area (Å²) in [5.41, 5.74) is 3.57. The number of hydrogen-bond donors (Lipinski definition) is 1. The van der Waals surface area contributed by atoms with E-state index < -0.39 is 0 Å². The van der Waals surface area contributed by atoms with Crippen molar-refractivity contribution in [2.75, 3.05) is 6.54 Å². The minimum atomic E-state index is -0.153. The number of rotatable bonds is 7. The van der Waals surface area contributed by atoms with Crippen molar-refractivity contribution >= 4 is 40.7 Å². The van der Waals surface area contributed by atoms with Crippen LogP contribution in [0.5, 0.6) is 0 Å². The van der Waals surface area contributed by atoms with Gasteiger partial charge in [-0.25, -0.2) is 4.68 Å². The zero-order chi connectivity index (χ0) is 27.0. The molecule has 1 aromatic heterocycles. The highest BCUT2D eigenvalue weighted by molar-refractivity contribution is 6.35. The normalized spacial score (nSPS) is 24.8. The average molecular weight is 573 g/mol. The summed E-state index contributed by atoms with van der Waals surface area (Å²) in [5, 5.41) is 9.62. The van der Waals surface area contributed by atoms with Crippen LogP contribution in [0.25, 0.3) is 16.9 Å². The fourth-order valence-electron chi connectivity index (χ4n) is 7.20. The molecule has 202 valence electrons. The first-order valence-electron chi connectivity index (χ1n) is 13.8. The molecule has 0 radical (unpaired) electrons. The number of hydrogen-bond acceptors (Lipinski definition) is 2. The molecule has 3 aromatic rings. The summed E-state index contributed by atoms with van der Waals surface area (Å²) in [7, 11) is 0. The first-order chi connectivity index (χ1) is 18.2. The zero-order valence-electron chi connectivity index (χ0n) is 22.3. The maximum Gasteiger partial charge on any atom is 0.272 e. The molecule has 0 aliphatic heterocycles. The van der Waals surface area contributed by atoms with Crippen molar-refractivity contribution in [3.63, 3.8) is 0 Å². The summed E-state index contributed by atoms with van der Waals surface area (Å²) in [5.74, 6) is 3.83. The molecule has 2 aliphatic carbocycles. The standard InChI is InChI=1S/C31H36Cl3N3O/c1-4-21-15-20-13-18(2)14-23(16-20)26(21)11-12-35-31(38)29-19(3)30(22-5-7-24(32)8-6-22)37(36-29)28-10-9-25(33)17-27(28)34/h5-10,17-18,20-21,23,26H,4,11-16H2,1-3H3,(H,35,38). The predicted octanol–water partition coefficient (Wildman–Crippen LogP) is 9.03. The number of halogens is 3. The lowest BCUT2D eigenvalue weighted by atomic mass is 9.58. The van der Waals surface area contributed by atoms with Crippen molar-refractivity contribution in [1.29, 1.82) is 0 Å². The van der Waals surface area contributed by atoms with Crippen LogP contribution in [0.1, 0.15) is 68.4 Å². The van der Waals surface area contributed by atoms with E-state index in [-0.39, 0.29) is 5.91 Å². The minimum Gasteiger partial charge on any atom is -0.351 e. The molecule has 38 heavy (non-hydrogen) atoms. The van der Waals surface area contributed by atoms with Crippen molar-refractivity contribution in [3.05, 3.63) is 68.8 Å². The molecule has 7 heteroatoms. The van der Waals surface area contributed by atoms with Gasteiger partial charge >= 0.3 is 0 Å². The Morgan fingerprint density at radius 3 is 2.47 bits per heavy atom. The van der Waals surface area contributed by atoms with Crippen molar-refractivity contribution < 1.29 is 4.79 Å². The Bertz CT molecular complexity index is 1300. The second-order valence-corrected chi connectivity index (χ2v) is 12.7. The molecule has 2 aromatic carbocycles. The predicted molar refractivity (Wildman–Crippen MR) is 158 cm³/mol. The number of carbonyl (C=O) groups excluding carboxylic acids is 1. The highest BCUT2D eigenvalue weighted by Gasteiger charge is 2.40. The first kappa shape index (κ1) is 27.6. The van der Waals surface area contributed by atoms with Gasteiger partial charge in [-0.2, -0.15) is 5.10 Å². The lowest BCUT2D eigenvalue weighted by Crippen LogP contribution is -2.39. The number of fused-ring (bicyclic) bond motifs is 2. The number of nitrogens with one attached hydrogen (secondary N) is 1. The maximum absolute atomic E-state index is 13.5. The second-order valence-electron chi connectivity index (χ2n) is 11.4. The summed E-state index contributed by atoms with van der Waals surface area (Å²) in [6.07, 6.45) is 7.71. The average Bonchev–Trinajstić information content (AvgIpc) is 3.22. The Morgan fingerprint density at radius 2 is 1.76 bits per heavy atom. The van der Waals surface area contributed by atoms with Crippen molar-refractivity contribution in [3.8, 4) is 16.9 Å². The molecule has 2 bridgehead atoms. The fraction of sp³-hybridized carbons (Fsp3) is 0.484. The van der Waals surface area contributed by atoms with E-state index >= 15 is 0 Å². The van der Waals surface area contributed by atoms with E-state index in [0.717, 1.165) is 46.9 Å². The van der Waals surface area contributed by atoms with E-state index in [2.05, 4.69) is 19.2 Å². The third kappa shape index (κ3) is 5.64. The molecule has 1 heterocycles. The van der Waals surface area contributed by atoms with E-state index in [0.29, 0.717) is 38.9 Å². The van der Waals surface area contributed by atoms with Crippen molar-refractivity contribution in [1.82, 2.24) is 15.1 Å². The van der Waals surface area contributed by atoms with Gasteiger partial charge in [0.25, 0.3) is 5.91 Å².